The van der Waals surface area contributed by atoms with Crippen molar-refractivity contribution in [2.24, 2.45) is 5.41 Å². The lowest BCUT2D eigenvalue weighted by Crippen LogP contribution is -2.14. The molecule has 16 heavy (non-hydrogen) atoms. The highest BCUT2D eigenvalue weighted by Crippen LogP contribution is 2.25. The summed E-state index contributed by atoms with van der Waals surface area (Å²) in [6.07, 6.45) is 0.850. The van der Waals surface area contributed by atoms with Crippen molar-refractivity contribution in [2.75, 3.05) is 17.6 Å². The second-order valence-corrected chi connectivity index (χ2v) is 5.06. The first kappa shape index (κ1) is 12.7. The van der Waals surface area contributed by atoms with Crippen LogP contribution in [0.25, 0.3) is 0 Å². The standard InChI is InChI=1S/C12H18F2N2/c1-12(2,3)6-7-16-11-9(15)5-4-8(13)10(11)14/h4-5,16H,6-7,15H2,1-3H3. The lowest BCUT2D eigenvalue weighted by atomic mass is 9.92. The van der Waals surface area contributed by atoms with Crippen molar-refractivity contribution in [3.05, 3.63) is 23.8 Å². The third-order valence-corrected chi connectivity index (χ3v) is 2.30. The second-order valence-electron chi connectivity index (χ2n) is 5.06. The number of hydrogen-bond donors (Lipinski definition) is 2. The van der Waals surface area contributed by atoms with Gasteiger partial charge in [-0.3, -0.25) is 0 Å². The van der Waals surface area contributed by atoms with E-state index in [1.807, 2.05) is 0 Å². The Hall–Kier alpha value is -1.32. The predicted molar refractivity (Wildman–Crippen MR) is 63.3 cm³/mol. The monoisotopic (exact) mass is 228 g/mol. The van der Waals surface area contributed by atoms with E-state index in [1.165, 1.54) is 6.07 Å². The van der Waals surface area contributed by atoms with E-state index >= 15 is 0 Å². The summed E-state index contributed by atoms with van der Waals surface area (Å²) >= 11 is 0. The van der Waals surface area contributed by atoms with E-state index < -0.39 is 11.6 Å². The fourth-order valence-electron chi connectivity index (χ4n) is 1.31. The summed E-state index contributed by atoms with van der Waals surface area (Å²) in [6.45, 7) is 6.81. The number of anilines is 2. The maximum atomic E-state index is 13.4. The predicted octanol–water partition coefficient (Wildman–Crippen LogP) is 3.40. The van der Waals surface area contributed by atoms with E-state index in [0.717, 1.165) is 12.5 Å². The molecule has 0 amide bonds. The molecule has 0 atom stereocenters. The smallest absolute Gasteiger partial charge is 0.183 e. The number of halogens is 2. The Labute approximate surface area is 94.8 Å². The zero-order chi connectivity index (χ0) is 12.3. The van der Waals surface area contributed by atoms with Crippen LogP contribution in [-0.2, 0) is 0 Å². The molecule has 0 unspecified atom stereocenters. The minimum absolute atomic E-state index is 0.0595. The second kappa shape index (κ2) is 4.68. The highest BCUT2D eigenvalue weighted by molar-refractivity contribution is 5.66. The minimum Gasteiger partial charge on any atom is -0.397 e. The fourth-order valence-corrected chi connectivity index (χ4v) is 1.31. The topological polar surface area (TPSA) is 38.0 Å². The molecule has 0 saturated heterocycles. The van der Waals surface area contributed by atoms with Gasteiger partial charge in [-0.25, -0.2) is 8.78 Å². The van der Waals surface area contributed by atoms with Crippen molar-refractivity contribution < 1.29 is 8.78 Å². The lowest BCUT2D eigenvalue weighted by Gasteiger charge is -2.19. The van der Waals surface area contributed by atoms with Gasteiger partial charge in [0, 0.05) is 6.54 Å². The maximum Gasteiger partial charge on any atom is 0.183 e. The summed E-state index contributed by atoms with van der Waals surface area (Å²) in [4.78, 5) is 0. The molecule has 0 aromatic heterocycles. The Morgan fingerprint density at radius 3 is 2.44 bits per heavy atom. The summed E-state index contributed by atoms with van der Waals surface area (Å²) in [7, 11) is 0. The molecule has 0 aliphatic rings. The number of hydrogen-bond acceptors (Lipinski definition) is 2. The van der Waals surface area contributed by atoms with Crippen LogP contribution in [0.5, 0.6) is 0 Å². The molecule has 0 radical (unpaired) electrons. The number of nitrogen functional groups attached to an aromatic ring is 1. The molecule has 0 heterocycles. The Morgan fingerprint density at radius 2 is 1.88 bits per heavy atom. The summed E-state index contributed by atoms with van der Waals surface area (Å²) in [5.41, 5.74) is 6.00. The maximum absolute atomic E-state index is 13.4. The number of nitrogens with two attached hydrogens (primary N) is 1. The zero-order valence-electron chi connectivity index (χ0n) is 9.90. The van der Waals surface area contributed by atoms with E-state index in [0.29, 0.717) is 6.54 Å². The van der Waals surface area contributed by atoms with Crippen LogP contribution in [0, 0.1) is 17.0 Å². The van der Waals surface area contributed by atoms with Crippen LogP contribution in [0.4, 0.5) is 20.2 Å². The van der Waals surface area contributed by atoms with Crippen LogP contribution in [0.3, 0.4) is 0 Å². The van der Waals surface area contributed by atoms with Crippen LogP contribution in [-0.4, -0.2) is 6.54 Å². The van der Waals surface area contributed by atoms with Gasteiger partial charge in [0.25, 0.3) is 0 Å². The zero-order valence-corrected chi connectivity index (χ0v) is 9.90. The van der Waals surface area contributed by atoms with Gasteiger partial charge in [-0.15, -0.1) is 0 Å². The average Bonchev–Trinajstić information content (AvgIpc) is 2.16. The van der Waals surface area contributed by atoms with Crippen molar-refractivity contribution in [3.8, 4) is 0 Å². The van der Waals surface area contributed by atoms with Crippen LogP contribution in [0.15, 0.2) is 12.1 Å². The molecule has 4 heteroatoms. The van der Waals surface area contributed by atoms with E-state index in [1.54, 1.807) is 0 Å². The third kappa shape index (κ3) is 3.36. The molecule has 2 nitrogen and oxygen atoms in total. The van der Waals surface area contributed by atoms with Crippen LogP contribution in [0.2, 0.25) is 0 Å². The summed E-state index contributed by atoms with van der Waals surface area (Å²) < 4.78 is 26.3. The quantitative estimate of drug-likeness (QED) is 0.778. The van der Waals surface area contributed by atoms with Gasteiger partial charge in [-0.2, -0.15) is 0 Å². The van der Waals surface area contributed by atoms with Gasteiger partial charge in [0.15, 0.2) is 11.6 Å². The SMILES string of the molecule is CC(C)(C)CCNc1c(N)ccc(F)c1F. The van der Waals surface area contributed by atoms with Crippen LogP contribution < -0.4 is 11.1 Å². The largest absolute Gasteiger partial charge is 0.397 e. The van der Waals surface area contributed by atoms with E-state index in [-0.39, 0.29) is 16.8 Å². The van der Waals surface area contributed by atoms with Crippen molar-refractivity contribution in [1.82, 2.24) is 0 Å². The average molecular weight is 228 g/mol. The molecule has 1 aromatic carbocycles. The highest BCUT2D eigenvalue weighted by atomic mass is 19.2. The molecule has 0 bridgehead atoms. The molecular formula is C12H18F2N2. The lowest BCUT2D eigenvalue weighted by molar-refractivity contribution is 0.389. The van der Waals surface area contributed by atoms with Gasteiger partial charge >= 0.3 is 0 Å². The van der Waals surface area contributed by atoms with E-state index in [4.69, 9.17) is 5.73 Å². The Bertz CT molecular complexity index is 370. The fraction of sp³-hybridized carbons (Fsp3) is 0.500. The number of nitrogens with one attached hydrogen (secondary N) is 1. The molecule has 0 aliphatic heterocycles. The van der Waals surface area contributed by atoms with Crippen molar-refractivity contribution in [2.45, 2.75) is 27.2 Å². The molecule has 3 N–H and O–H groups in total. The Morgan fingerprint density at radius 1 is 1.25 bits per heavy atom. The minimum atomic E-state index is -0.908. The number of benzene rings is 1. The van der Waals surface area contributed by atoms with Crippen LogP contribution in [0.1, 0.15) is 27.2 Å². The van der Waals surface area contributed by atoms with Crippen molar-refractivity contribution in [1.29, 1.82) is 0 Å². The number of rotatable bonds is 3. The van der Waals surface area contributed by atoms with Gasteiger partial charge in [0.05, 0.1) is 11.4 Å². The van der Waals surface area contributed by atoms with E-state index in [2.05, 4.69) is 26.1 Å². The van der Waals surface area contributed by atoms with Gasteiger partial charge in [0.1, 0.15) is 0 Å². The first-order valence-corrected chi connectivity index (χ1v) is 5.28. The van der Waals surface area contributed by atoms with Gasteiger partial charge < -0.3 is 11.1 Å². The van der Waals surface area contributed by atoms with Crippen LogP contribution >= 0.6 is 0 Å². The molecule has 90 valence electrons. The molecule has 1 rings (SSSR count). The van der Waals surface area contributed by atoms with Crippen molar-refractivity contribution in [3.63, 3.8) is 0 Å². The summed E-state index contributed by atoms with van der Waals surface area (Å²) in [5.74, 6) is -1.79. The first-order chi connectivity index (χ1) is 7.31. The molecule has 1 aromatic rings. The molecule has 0 saturated carbocycles. The highest BCUT2D eigenvalue weighted by Gasteiger charge is 2.13. The van der Waals surface area contributed by atoms with Gasteiger partial charge in [-0.05, 0) is 24.0 Å². The summed E-state index contributed by atoms with van der Waals surface area (Å²) in [6, 6.07) is 2.39. The molecule has 0 spiro atoms. The Kier molecular flexibility index (Phi) is 3.73. The summed E-state index contributed by atoms with van der Waals surface area (Å²) in [5, 5.41) is 2.84. The molecule has 0 fully saturated rings. The molecular weight excluding hydrogens is 210 g/mol. The Balaban J connectivity index is 2.71. The van der Waals surface area contributed by atoms with Gasteiger partial charge in [0.2, 0.25) is 0 Å². The normalized spacial score (nSPS) is 11.6. The van der Waals surface area contributed by atoms with E-state index in [9.17, 15) is 8.78 Å². The third-order valence-electron chi connectivity index (χ3n) is 2.30. The molecule has 0 aliphatic carbocycles. The first-order valence-electron chi connectivity index (χ1n) is 5.28. The van der Waals surface area contributed by atoms with Gasteiger partial charge in [-0.1, -0.05) is 20.8 Å². The van der Waals surface area contributed by atoms with Crippen molar-refractivity contribution >= 4 is 11.4 Å².